The number of carbonyl (C=O) groups is 1. The van der Waals surface area contributed by atoms with E-state index in [2.05, 4.69) is 4.98 Å². The van der Waals surface area contributed by atoms with Gasteiger partial charge in [-0.05, 0) is 42.0 Å². The van der Waals surface area contributed by atoms with Gasteiger partial charge in [0.25, 0.3) is 0 Å². The fourth-order valence-electron chi connectivity index (χ4n) is 2.05. The minimum Gasteiger partial charge on any atom is -0.458 e. The standard InChI is InChI=1S/C19H14FNO2S/c20-16-5-3-15(4-6-16)18-9-7-17(24-18)8-10-19(22)23-13-14-2-1-11-21-12-14/h1-12H,13H2/b10-8+. The molecule has 1 aromatic carbocycles. The van der Waals surface area contributed by atoms with Crippen molar-refractivity contribution in [2.24, 2.45) is 0 Å². The number of thiophene rings is 1. The number of hydrogen-bond acceptors (Lipinski definition) is 4. The Morgan fingerprint density at radius 2 is 2.00 bits per heavy atom. The normalized spacial score (nSPS) is 10.9. The molecule has 3 aromatic rings. The van der Waals surface area contributed by atoms with E-state index >= 15 is 0 Å². The molecule has 24 heavy (non-hydrogen) atoms. The summed E-state index contributed by atoms with van der Waals surface area (Å²) in [5.41, 5.74) is 1.79. The molecule has 0 atom stereocenters. The van der Waals surface area contributed by atoms with Gasteiger partial charge in [0, 0.05) is 33.8 Å². The summed E-state index contributed by atoms with van der Waals surface area (Å²) in [7, 11) is 0. The van der Waals surface area contributed by atoms with E-state index in [1.165, 1.54) is 29.5 Å². The van der Waals surface area contributed by atoms with Crippen LogP contribution in [-0.2, 0) is 16.1 Å². The molecule has 2 heterocycles. The third-order valence-corrected chi connectivity index (χ3v) is 4.34. The van der Waals surface area contributed by atoms with Crippen molar-refractivity contribution < 1.29 is 13.9 Å². The van der Waals surface area contributed by atoms with Gasteiger partial charge in [-0.2, -0.15) is 0 Å². The summed E-state index contributed by atoms with van der Waals surface area (Å²) in [5, 5.41) is 0. The van der Waals surface area contributed by atoms with E-state index in [0.717, 1.165) is 20.9 Å². The van der Waals surface area contributed by atoms with Crippen LogP contribution in [0.3, 0.4) is 0 Å². The SMILES string of the molecule is O=C(/C=C/c1ccc(-c2ccc(F)cc2)s1)OCc1cccnc1. The summed E-state index contributed by atoms with van der Waals surface area (Å²) in [6.07, 6.45) is 6.44. The van der Waals surface area contributed by atoms with Crippen LogP contribution in [0.1, 0.15) is 10.4 Å². The minimum absolute atomic E-state index is 0.197. The van der Waals surface area contributed by atoms with Gasteiger partial charge >= 0.3 is 5.97 Å². The Kier molecular flexibility index (Phi) is 5.13. The first-order chi connectivity index (χ1) is 11.7. The number of aromatic nitrogens is 1. The molecule has 0 spiro atoms. The van der Waals surface area contributed by atoms with E-state index in [4.69, 9.17) is 4.74 Å². The number of carbonyl (C=O) groups excluding carboxylic acids is 1. The van der Waals surface area contributed by atoms with Crippen molar-refractivity contribution in [3.05, 3.63) is 83.3 Å². The number of pyridine rings is 1. The lowest BCUT2D eigenvalue weighted by Gasteiger charge is -2.00. The van der Waals surface area contributed by atoms with E-state index in [1.807, 2.05) is 18.2 Å². The van der Waals surface area contributed by atoms with Crippen molar-refractivity contribution in [2.45, 2.75) is 6.61 Å². The zero-order valence-corrected chi connectivity index (χ0v) is 13.5. The molecular weight excluding hydrogens is 325 g/mol. The maximum atomic E-state index is 12.9. The van der Waals surface area contributed by atoms with E-state index in [0.29, 0.717) is 0 Å². The zero-order chi connectivity index (χ0) is 16.8. The molecule has 0 aliphatic rings. The van der Waals surface area contributed by atoms with Crippen LogP contribution in [0.25, 0.3) is 16.5 Å². The van der Waals surface area contributed by atoms with Crippen LogP contribution < -0.4 is 0 Å². The monoisotopic (exact) mass is 339 g/mol. The van der Waals surface area contributed by atoms with Gasteiger partial charge in [-0.25, -0.2) is 9.18 Å². The molecule has 0 fully saturated rings. The van der Waals surface area contributed by atoms with E-state index in [1.54, 1.807) is 36.7 Å². The summed E-state index contributed by atoms with van der Waals surface area (Å²) in [6, 6.07) is 13.8. The van der Waals surface area contributed by atoms with Gasteiger partial charge in [-0.3, -0.25) is 4.98 Å². The fourth-order valence-corrected chi connectivity index (χ4v) is 2.96. The van der Waals surface area contributed by atoms with E-state index in [-0.39, 0.29) is 12.4 Å². The van der Waals surface area contributed by atoms with Crippen molar-refractivity contribution >= 4 is 23.4 Å². The number of nitrogens with zero attached hydrogens (tertiary/aromatic N) is 1. The lowest BCUT2D eigenvalue weighted by atomic mass is 10.2. The number of esters is 1. The third kappa shape index (κ3) is 4.36. The first kappa shape index (κ1) is 16.1. The Labute approximate surface area is 143 Å². The van der Waals surface area contributed by atoms with Gasteiger partial charge in [0.1, 0.15) is 12.4 Å². The molecule has 120 valence electrons. The highest BCUT2D eigenvalue weighted by Gasteiger charge is 2.03. The maximum Gasteiger partial charge on any atom is 0.331 e. The van der Waals surface area contributed by atoms with Crippen molar-refractivity contribution in [1.29, 1.82) is 0 Å². The fraction of sp³-hybridized carbons (Fsp3) is 0.0526. The van der Waals surface area contributed by atoms with E-state index < -0.39 is 5.97 Å². The molecule has 0 aliphatic carbocycles. The molecule has 3 rings (SSSR count). The highest BCUT2D eigenvalue weighted by Crippen LogP contribution is 2.28. The van der Waals surface area contributed by atoms with Gasteiger partial charge in [0.05, 0.1) is 0 Å². The Bertz CT molecular complexity index is 841. The molecule has 0 radical (unpaired) electrons. The van der Waals surface area contributed by atoms with Gasteiger partial charge in [-0.15, -0.1) is 11.3 Å². The number of ether oxygens (including phenoxy) is 1. The van der Waals surface area contributed by atoms with E-state index in [9.17, 15) is 9.18 Å². The molecule has 0 amide bonds. The minimum atomic E-state index is -0.407. The average Bonchev–Trinajstić information content (AvgIpc) is 3.09. The molecule has 2 aromatic heterocycles. The second kappa shape index (κ2) is 7.66. The zero-order valence-electron chi connectivity index (χ0n) is 12.7. The molecule has 0 unspecified atom stereocenters. The largest absolute Gasteiger partial charge is 0.458 e. The van der Waals surface area contributed by atoms with Crippen LogP contribution in [0.5, 0.6) is 0 Å². The molecular formula is C19H14FNO2S. The molecule has 0 bridgehead atoms. The number of hydrogen-bond donors (Lipinski definition) is 0. The third-order valence-electron chi connectivity index (χ3n) is 3.24. The van der Waals surface area contributed by atoms with Crippen molar-refractivity contribution in [3.8, 4) is 10.4 Å². The molecule has 0 saturated carbocycles. The molecule has 5 heteroatoms. The number of halogens is 1. The average molecular weight is 339 g/mol. The Morgan fingerprint density at radius 3 is 2.75 bits per heavy atom. The summed E-state index contributed by atoms with van der Waals surface area (Å²) >= 11 is 1.52. The predicted octanol–water partition coefficient (Wildman–Crippen LogP) is 4.71. The van der Waals surface area contributed by atoms with Crippen molar-refractivity contribution in [3.63, 3.8) is 0 Å². The topological polar surface area (TPSA) is 39.2 Å². The lowest BCUT2D eigenvalue weighted by molar-refractivity contribution is -0.138. The number of rotatable bonds is 5. The Morgan fingerprint density at radius 1 is 1.17 bits per heavy atom. The van der Waals surface area contributed by atoms with Gasteiger partial charge in [-0.1, -0.05) is 18.2 Å². The molecule has 3 nitrogen and oxygen atoms in total. The second-order valence-corrected chi connectivity index (χ2v) is 6.13. The summed E-state index contributed by atoms with van der Waals surface area (Å²) < 4.78 is 18.1. The van der Waals surface area contributed by atoms with Crippen LogP contribution in [0, 0.1) is 5.82 Å². The highest BCUT2D eigenvalue weighted by atomic mass is 32.1. The summed E-state index contributed by atoms with van der Waals surface area (Å²) in [4.78, 5) is 17.6. The van der Waals surface area contributed by atoms with Crippen LogP contribution >= 0.6 is 11.3 Å². The van der Waals surface area contributed by atoms with Crippen molar-refractivity contribution in [1.82, 2.24) is 4.98 Å². The highest BCUT2D eigenvalue weighted by molar-refractivity contribution is 7.16. The smallest absolute Gasteiger partial charge is 0.331 e. The summed E-state index contributed by atoms with van der Waals surface area (Å²) in [5.74, 6) is -0.664. The second-order valence-electron chi connectivity index (χ2n) is 5.01. The van der Waals surface area contributed by atoms with Crippen molar-refractivity contribution in [2.75, 3.05) is 0 Å². The van der Waals surface area contributed by atoms with Gasteiger partial charge in [0.15, 0.2) is 0 Å². The Balaban J connectivity index is 1.58. The van der Waals surface area contributed by atoms with Crippen LogP contribution in [0.2, 0.25) is 0 Å². The summed E-state index contributed by atoms with van der Waals surface area (Å²) in [6.45, 7) is 0.197. The Hall–Kier alpha value is -2.79. The molecule has 0 N–H and O–H groups in total. The van der Waals surface area contributed by atoms with Gasteiger partial charge < -0.3 is 4.74 Å². The van der Waals surface area contributed by atoms with Gasteiger partial charge in [0.2, 0.25) is 0 Å². The first-order valence-electron chi connectivity index (χ1n) is 7.30. The maximum absolute atomic E-state index is 12.9. The predicted molar refractivity (Wildman–Crippen MR) is 92.8 cm³/mol. The lowest BCUT2D eigenvalue weighted by Crippen LogP contribution is -2.00. The molecule has 0 aliphatic heterocycles. The quantitative estimate of drug-likeness (QED) is 0.499. The first-order valence-corrected chi connectivity index (χ1v) is 8.12. The number of benzene rings is 1. The van der Waals surface area contributed by atoms with Crippen LogP contribution in [0.4, 0.5) is 4.39 Å². The van der Waals surface area contributed by atoms with Crippen LogP contribution in [-0.4, -0.2) is 11.0 Å². The molecule has 0 saturated heterocycles. The van der Waals surface area contributed by atoms with Crippen LogP contribution in [0.15, 0.2) is 67.0 Å².